The number of alkyl halides is 3. The highest BCUT2D eigenvalue weighted by atomic mass is 19.4. The quantitative estimate of drug-likeness (QED) is 0.457. The highest BCUT2D eigenvalue weighted by molar-refractivity contribution is 5.94. The molecule has 1 N–H and O–H groups in total. The van der Waals surface area contributed by atoms with Gasteiger partial charge in [-0.1, -0.05) is 54.6 Å². The Hall–Kier alpha value is -3.12. The van der Waals surface area contributed by atoms with Gasteiger partial charge in [0.1, 0.15) is 0 Å². The molecule has 1 aliphatic heterocycles. The molecule has 4 rings (SSSR count). The number of piperidine rings is 1. The van der Waals surface area contributed by atoms with Gasteiger partial charge in [-0.15, -0.1) is 0 Å². The number of hydrogen-bond acceptors (Lipinski definition) is 2. The summed E-state index contributed by atoms with van der Waals surface area (Å²) in [5.41, 5.74) is 2.75. The van der Waals surface area contributed by atoms with Crippen LogP contribution in [0.25, 0.3) is 0 Å². The molecule has 0 unspecified atom stereocenters. The first kappa shape index (κ1) is 24.0. The smallest absolute Gasteiger partial charge is 0.348 e. The van der Waals surface area contributed by atoms with Gasteiger partial charge in [-0.05, 0) is 79.2 Å². The van der Waals surface area contributed by atoms with Gasteiger partial charge in [0.25, 0.3) is 5.91 Å². The summed E-state index contributed by atoms with van der Waals surface area (Å²) >= 11 is 0. The zero-order valence-corrected chi connectivity index (χ0v) is 19.0. The van der Waals surface area contributed by atoms with Crippen molar-refractivity contribution < 1.29 is 18.0 Å². The van der Waals surface area contributed by atoms with Crippen LogP contribution in [0, 0.1) is 5.92 Å². The maximum atomic E-state index is 12.9. The zero-order chi connectivity index (χ0) is 24.0. The predicted molar refractivity (Wildman–Crippen MR) is 127 cm³/mol. The molecule has 0 spiro atoms. The van der Waals surface area contributed by atoms with Crippen LogP contribution in [0.3, 0.4) is 0 Å². The van der Waals surface area contributed by atoms with Crippen LogP contribution in [-0.2, 0) is 25.7 Å². The SMILES string of the molecule is O=C(NCc1cccc(C(F)(F)F)c1)c1ccc(CN2CCC(Cc3ccccc3)CC2)cc1. The van der Waals surface area contributed by atoms with E-state index in [9.17, 15) is 18.0 Å². The third-order valence-corrected chi connectivity index (χ3v) is 6.40. The molecule has 1 aliphatic rings. The Kier molecular flexibility index (Phi) is 7.68. The summed E-state index contributed by atoms with van der Waals surface area (Å²) in [7, 11) is 0. The van der Waals surface area contributed by atoms with Crippen molar-refractivity contribution in [3.05, 3.63) is 107 Å². The molecule has 178 valence electrons. The second-order valence-electron chi connectivity index (χ2n) is 8.99. The van der Waals surface area contributed by atoms with E-state index in [1.54, 1.807) is 18.2 Å². The fraction of sp³-hybridized carbons (Fsp3) is 0.321. The number of nitrogens with one attached hydrogen (secondary N) is 1. The Morgan fingerprint density at radius 1 is 0.853 bits per heavy atom. The molecule has 3 nitrogen and oxygen atoms in total. The van der Waals surface area contributed by atoms with Crippen LogP contribution in [0.1, 0.15) is 45.5 Å². The van der Waals surface area contributed by atoms with Gasteiger partial charge >= 0.3 is 6.18 Å². The Bertz CT molecular complexity index is 1070. The van der Waals surface area contributed by atoms with Crippen LogP contribution in [0.4, 0.5) is 13.2 Å². The van der Waals surface area contributed by atoms with E-state index in [2.05, 4.69) is 40.5 Å². The van der Waals surface area contributed by atoms with Crippen molar-refractivity contribution in [3.63, 3.8) is 0 Å². The summed E-state index contributed by atoms with van der Waals surface area (Å²) in [4.78, 5) is 14.9. The summed E-state index contributed by atoms with van der Waals surface area (Å²) in [6.07, 6.45) is -0.887. The summed E-state index contributed by atoms with van der Waals surface area (Å²) in [6, 6.07) is 23.1. The second-order valence-corrected chi connectivity index (χ2v) is 8.99. The van der Waals surface area contributed by atoms with Crippen molar-refractivity contribution in [2.24, 2.45) is 5.92 Å². The molecule has 1 amide bonds. The van der Waals surface area contributed by atoms with E-state index < -0.39 is 11.7 Å². The molecule has 3 aromatic carbocycles. The average molecular weight is 467 g/mol. The van der Waals surface area contributed by atoms with E-state index in [4.69, 9.17) is 0 Å². The first-order chi connectivity index (χ1) is 16.4. The van der Waals surface area contributed by atoms with E-state index in [-0.39, 0.29) is 12.5 Å². The molecule has 0 radical (unpaired) electrons. The monoisotopic (exact) mass is 466 g/mol. The highest BCUT2D eigenvalue weighted by Crippen LogP contribution is 2.29. The Labute approximate surface area is 198 Å². The molecule has 3 aromatic rings. The molecular formula is C28H29F3N2O. The maximum Gasteiger partial charge on any atom is 0.416 e. The molecular weight excluding hydrogens is 437 g/mol. The summed E-state index contributed by atoms with van der Waals surface area (Å²) in [6.45, 7) is 3.03. The predicted octanol–water partition coefficient (Wildman–Crippen LogP) is 6.09. The topological polar surface area (TPSA) is 32.3 Å². The second kappa shape index (κ2) is 10.9. The fourth-order valence-electron chi connectivity index (χ4n) is 4.46. The average Bonchev–Trinajstić information content (AvgIpc) is 2.84. The molecule has 0 aromatic heterocycles. The Balaban J connectivity index is 1.24. The number of hydrogen-bond donors (Lipinski definition) is 1. The van der Waals surface area contributed by atoms with E-state index in [0.717, 1.165) is 49.7 Å². The Morgan fingerprint density at radius 2 is 1.53 bits per heavy atom. The molecule has 0 aliphatic carbocycles. The number of carbonyl (C=O) groups excluding carboxylic acids is 1. The van der Waals surface area contributed by atoms with Gasteiger partial charge in [0.2, 0.25) is 0 Å². The third-order valence-electron chi connectivity index (χ3n) is 6.40. The summed E-state index contributed by atoms with van der Waals surface area (Å²) < 4.78 is 38.6. The van der Waals surface area contributed by atoms with Crippen LogP contribution in [0.2, 0.25) is 0 Å². The number of likely N-dealkylation sites (tertiary alicyclic amines) is 1. The zero-order valence-electron chi connectivity index (χ0n) is 19.0. The molecule has 6 heteroatoms. The third kappa shape index (κ3) is 6.70. The first-order valence-corrected chi connectivity index (χ1v) is 11.7. The standard InChI is InChI=1S/C28H29F3N2O/c29-28(30,31)26-8-4-7-24(18-26)19-32-27(34)25-11-9-23(10-12-25)20-33-15-13-22(14-16-33)17-21-5-2-1-3-6-21/h1-12,18,22H,13-17,19-20H2,(H,32,34). The van der Waals surface area contributed by atoms with Gasteiger partial charge in [-0.3, -0.25) is 9.69 Å². The van der Waals surface area contributed by atoms with Crippen molar-refractivity contribution in [1.82, 2.24) is 10.2 Å². The molecule has 1 saturated heterocycles. The van der Waals surface area contributed by atoms with Gasteiger partial charge in [-0.2, -0.15) is 13.2 Å². The van der Waals surface area contributed by atoms with Crippen molar-refractivity contribution in [2.45, 2.75) is 38.5 Å². The van der Waals surface area contributed by atoms with Gasteiger partial charge in [0.05, 0.1) is 5.56 Å². The van der Waals surface area contributed by atoms with Crippen LogP contribution < -0.4 is 5.32 Å². The number of nitrogens with zero attached hydrogens (tertiary/aromatic N) is 1. The van der Waals surface area contributed by atoms with E-state index in [0.29, 0.717) is 11.1 Å². The molecule has 0 atom stereocenters. The van der Waals surface area contributed by atoms with Gasteiger partial charge < -0.3 is 5.32 Å². The minimum atomic E-state index is -4.40. The number of halogens is 3. The van der Waals surface area contributed by atoms with Gasteiger partial charge in [0.15, 0.2) is 0 Å². The van der Waals surface area contributed by atoms with Gasteiger partial charge in [0, 0.05) is 18.7 Å². The minimum absolute atomic E-state index is 0.0441. The highest BCUT2D eigenvalue weighted by Gasteiger charge is 2.30. The van der Waals surface area contributed by atoms with Crippen LogP contribution >= 0.6 is 0 Å². The fourth-order valence-corrected chi connectivity index (χ4v) is 4.46. The van der Waals surface area contributed by atoms with E-state index in [1.807, 2.05) is 12.1 Å². The van der Waals surface area contributed by atoms with Crippen LogP contribution in [0.15, 0.2) is 78.9 Å². The van der Waals surface area contributed by atoms with Crippen LogP contribution in [-0.4, -0.2) is 23.9 Å². The van der Waals surface area contributed by atoms with Crippen molar-refractivity contribution >= 4 is 5.91 Å². The maximum absolute atomic E-state index is 12.9. The first-order valence-electron chi connectivity index (χ1n) is 11.7. The molecule has 1 heterocycles. The molecule has 0 saturated carbocycles. The summed E-state index contributed by atoms with van der Waals surface area (Å²) in [5.74, 6) is 0.423. The summed E-state index contributed by atoms with van der Waals surface area (Å²) in [5, 5.41) is 2.70. The van der Waals surface area contributed by atoms with Gasteiger partial charge in [-0.25, -0.2) is 0 Å². The lowest BCUT2D eigenvalue weighted by Crippen LogP contribution is -2.33. The lowest BCUT2D eigenvalue weighted by molar-refractivity contribution is -0.137. The molecule has 0 bridgehead atoms. The molecule has 34 heavy (non-hydrogen) atoms. The minimum Gasteiger partial charge on any atom is -0.348 e. The largest absolute Gasteiger partial charge is 0.416 e. The number of benzene rings is 3. The van der Waals surface area contributed by atoms with Crippen LogP contribution in [0.5, 0.6) is 0 Å². The van der Waals surface area contributed by atoms with Crippen molar-refractivity contribution in [1.29, 1.82) is 0 Å². The number of amides is 1. The number of carbonyl (C=O) groups is 1. The van der Waals surface area contributed by atoms with E-state index in [1.165, 1.54) is 24.5 Å². The number of rotatable bonds is 7. The van der Waals surface area contributed by atoms with E-state index >= 15 is 0 Å². The Morgan fingerprint density at radius 3 is 2.21 bits per heavy atom. The van der Waals surface area contributed by atoms with Crippen molar-refractivity contribution in [3.8, 4) is 0 Å². The lowest BCUT2D eigenvalue weighted by atomic mass is 9.90. The molecule has 1 fully saturated rings. The van der Waals surface area contributed by atoms with Crippen molar-refractivity contribution in [2.75, 3.05) is 13.1 Å². The lowest BCUT2D eigenvalue weighted by Gasteiger charge is -2.32. The normalized spacial score (nSPS) is 15.3.